The molecule has 1 aliphatic carbocycles. The minimum absolute atomic E-state index is 0.0534. The van der Waals surface area contributed by atoms with Crippen molar-refractivity contribution in [2.45, 2.75) is 38.0 Å². The van der Waals surface area contributed by atoms with Gasteiger partial charge in [-0.25, -0.2) is 9.18 Å². The predicted octanol–water partition coefficient (Wildman–Crippen LogP) is 1.45. The summed E-state index contributed by atoms with van der Waals surface area (Å²) < 4.78 is 15.5. The summed E-state index contributed by atoms with van der Waals surface area (Å²) in [6.45, 7) is -0.827. The standard InChI is InChI=1S/C24H25ClFN7O5/c25-17-3-1-2-12(21(17)26)9-29-19(34)10-32(15-7-14(8-15)30-24(37)38)20(35)11-33-18-5-4-13(27)6-16(18)22(31-33)23(28)36/h1-6,14-15,30H,7-11,27H2,(H2,28,36)(H,29,34)(H,37,38)/t14-,15-. The summed E-state index contributed by atoms with van der Waals surface area (Å²) in [7, 11) is 0. The second-order valence-corrected chi connectivity index (χ2v) is 9.34. The third kappa shape index (κ3) is 5.78. The average Bonchev–Trinajstić information content (AvgIpc) is 3.18. The zero-order chi connectivity index (χ0) is 27.6. The third-order valence-corrected chi connectivity index (χ3v) is 6.61. The minimum atomic E-state index is -1.19. The molecule has 0 aliphatic heterocycles. The van der Waals surface area contributed by atoms with Gasteiger partial charge in [-0.1, -0.05) is 23.7 Å². The lowest BCUT2D eigenvalue weighted by atomic mass is 9.85. The summed E-state index contributed by atoms with van der Waals surface area (Å²) in [6.07, 6.45) is -0.581. The number of anilines is 1. The number of carbonyl (C=O) groups is 4. The van der Waals surface area contributed by atoms with Gasteiger partial charge in [-0.2, -0.15) is 5.10 Å². The number of fused-ring (bicyclic) bond motifs is 1. The van der Waals surface area contributed by atoms with Gasteiger partial charge in [0, 0.05) is 35.3 Å². The van der Waals surface area contributed by atoms with E-state index in [0.717, 1.165) is 0 Å². The van der Waals surface area contributed by atoms with Gasteiger partial charge in [-0.3, -0.25) is 19.1 Å². The van der Waals surface area contributed by atoms with Crippen LogP contribution in [0.5, 0.6) is 0 Å². The van der Waals surface area contributed by atoms with Crippen molar-refractivity contribution in [3.63, 3.8) is 0 Å². The van der Waals surface area contributed by atoms with Crippen LogP contribution in [0, 0.1) is 5.82 Å². The molecule has 0 spiro atoms. The van der Waals surface area contributed by atoms with Gasteiger partial charge in [-0.15, -0.1) is 0 Å². The molecule has 12 nitrogen and oxygen atoms in total. The number of carbonyl (C=O) groups excluding carboxylic acids is 3. The fourth-order valence-electron chi connectivity index (χ4n) is 4.36. The lowest BCUT2D eigenvalue weighted by Gasteiger charge is -2.42. The van der Waals surface area contributed by atoms with Crippen molar-refractivity contribution in [2.75, 3.05) is 12.3 Å². The first-order valence-electron chi connectivity index (χ1n) is 11.6. The summed E-state index contributed by atoms with van der Waals surface area (Å²) >= 11 is 5.79. The SMILES string of the molecule is NC(=O)c1nn(CC(=O)N(CC(=O)NCc2cccc(Cl)c2F)[C@H]2C[C@H](NC(=O)O)C2)c2ccc(N)cc12. The first kappa shape index (κ1) is 26.7. The van der Waals surface area contributed by atoms with E-state index < -0.39 is 35.7 Å². The lowest BCUT2D eigenvalue weighted by molar-refractivity contribution is -0.141. The molecule has 1 saturated carbocycles. The fraction of sp³-hybridized carbons (Fsp3) is 0.292. The molecule has 1 aromatic heterocycles. The van der Waals surface area contributed by atoms with Crippen molar-refractivity contribution < 1.29 is 28.7 Å². The number of amides is 4. The Kier molecular flexibility index (Phi) is 7.67. The van der Waals surface area contributed by atoms with Crippen LogP contribution in [0.25, 0.3) is 10.9 Å². The smallest absolute Gasteiger partial charge is 0.404 e. The van der Waals surface area contributed by atoms with Crippen molar-refractivity contribution in [2.24, 2.45) is 5.73 Å². The highest BCUT2D eigenvalue weighted by Gasteiger charge is 2.38. The Morgan fingerprint density at radius 3 is 2.63 bits per heavy atom. The van der Waals surface area contributed by atoms with Crippen molar-refractivity contribution in [1.29, 1.82) is 0 Å². The fourth-order valence-corrected chi connectivity index (χ4v) is 4.56. The molecule has 7 N–H and O–H groups in total. The molecule has 0 unspecified atom stereocenters. The van der Waals surface area contributed by atoms with Gasteiger partial charge in [0.1, 0.15) is 12.4 Å². The van der Waals surface area contributed by atoms with Crippen molar-refractivity contribution in [3.05, 3.63) is 58.5 Å². The Morgan fingerprint density at radius 2 is 1.95 bits per heavy atom. The highest BCUT2D eigenvalue weighted by molar-refractivity contribution is 6.30. The van der Waals surface area contributed by atoms with Gasteiger partial charge in [0.05, 0.1) is 17.1 Å². The van der Waals surface area contributed by atoms with Crippen LogP contribution < -0.4 is 22.1 Å². The van der Waals surface area contributed by atoms with Crippen molar-refractivity contribution in [1.82, 2.24) is 25.3 Å². The number of benzene rings is 2. The Hall–Kier alpha value is -4.39. The van der Waals surface area contributed by atoms with E-state index in [1.54, 1.807) is 18.2 Å². The molecule has 0 bridgehead atoms. The van der Waals surface area contributed by atoms with Crippen LogP contribution in [0.3, 0.4) is 0 Å². The Morgan fingerprint density at radius 1 is 1.21 bits per heavy atom. The van der Waals surface area contributed by atoms with E-state index in [-0.39, 0.29) is 42.0 Å². The monoisotopic (exact) mass is 545 g/mol. The normalized spacial score (nSPS) is 16.5. The molecule has 1 aliphatic rings. The molecule has 0 saturated heterocycles. The van der Waals surface area contributed by atoms with E-state index in [1.807, 2.05) is 0 Å². The van der Waals surface area contributed by atoms with Crippen LogP contribution in [0.15, 0.2) is 36.4 Å². The summed E-state index contributed by atoms with van der Waals surface area (Å²) in [5, 5.41) is 18.4. The maximum Gasteiger partial charge on any atom is 0.404 e. The second kappa shape index (κ2) is 10.9. The first-order chi connectivity index (χ1) is 18.0. The molecule has 1 heterocycles. The number of aromatic nitrogens is 2. The number of nitrogens with one attached hydrogen (secondary N) is 2. The summed E-state index contributed by atoms with van der Waals surface area (Å²) in [6, 6.07) is 8.33. The molecular weight excluding hydrogens is 521 g/mol. The lowest BCUT2D eigenvalue weighted by Crippen LogP contribution is -2.57. The quantitative estimate of drug-likeness (QED) is 0.252. The molecule has 4 amide bonds. The number of rotatable bonds is 9. The average molecular weight is 546 g/mol. The van der Waals surface area contributed by atoms with Gasteiger partial charge in [-0.05, 0) is 37.1 Å². The molecule has 2 aromatic carbocycles. The largest absolute Gasteiger partial charge is 0.465 e. The van der Waals surface area contributed by atoms with Crippen LogP contribution in [0.2, 0.25) is 5.02 Å². The number of nitrogen functional groups attached to an aromatic ring is 1. The van der Waals surface area contributed by atoms with Crippen LogP contribution in [0.4, 0.5) is 14.9 Å². The van der Waals surface area contributed by atoms with E-state index in [1.165, 1.54) is 27.8 Å². The molecular formula is C24H25ClFN7O5. The Bertz CT molecular complexity index is 1420. The van der Waals surface area contributed by atoms with Crippen molar-refractivity contribution >= 4 is 52.0 Å². The zero-order valence-corrected chi connectivity index (χ0v) is 20.7. The summed E-state index contributed by atoms with van der Waals surface area (Å²) in [5.74, 6) is -2.49. The van der Waals surface area contributed by atoms with Crippen LogP contribution in [0.1, 0.15) is 28.9 Å². The van der Waals surface area contributed by atoms with E-state index in [9.17, 15) is 23.6 Å². The van der Waals surface area contributed by atoms with Crippen LogP contribution in [-0.4, -0.2) is 62.2 Å². The third-order valence-electron chi connectivity index (χ3n) is 6.32. The first-order valence-corrected chi connectivity index (χ1v) is 12.0. The number of carboxylic acid groups (broad SMARTS) is 1. The Balaban J connectivity index is 1.52. The van der Waals surface area contributed by atoms with Gasteiger partial charge in [0.25, 0.3) is 5.91 Å². The van der Waals surface area contributed by atoms with Gasteiger partial charge < -0.3 is 32.1 Å². The molecule has 14 heteroatoms. The number of hydrogen-bond donors (Lipinski definition) is 5. The second-order valence-electron chi connectivity index (χ2n) is 8.93. The van der Waals surface area contributed by atoms with E-state index in [0.29, 0.717) is 29.4 Å². The molecule has 0 radical (unpaired) electrons. The van der Waals surface area contributed by atoms with E-state index >= 15 is 0 Å². The number of halogens is 2. The van der Waals surface area contributed by atoms with Crippen molar-refractivity contribution in [3.8, 4) is 0 Å². The Labute approximate surface area is 220 Å². The molecule has 200 valence electrons. The van der Waals surface area contributed by atoms with E-state index in [4.69, 9.17) is 28.2 Å². The molecule has 1 fully saturated rings. The summed E-state index contributed by atoms with van der Waals surface area (Å²) in [5.41, 5.74) is 12.2. The maximum atomic E-state index is 14.2. The van der Waals surface area contributed by atoms with Gasteiger partial charge >= 0.3 is 6.09 Å². The number of nitrogens with zero attached hydrogens (tertiary/aromatic N) is 3. The summed E-state index contributed by atoms with van der Waals surface area (Å²) in [4.78, 5) is 50.3. The van der Waals surface area contributed by atoms with Crippen LogP contribution >= 0.6 is 11.6 Å². The highest BCUT2D eigenvalue weighted by Crippen LogP contribution is 2.27. The topological polar surface area (TPSA) is 186 Å². The predicted molar refractivity (Wildman–Crippen MR) is 136 cm³/mol. The maximum absolute atomic E-state index is 14.2. The van der Waals surface area contributed by atoms with E-state index in [2.05, 4.69) is 15.7 Å². The number of hydrogen-bond acceptors (Lipinski definition) is 6. The minimum Gasteiger partial charge on any atom is -0.465 e. The molecule has 3 aromatic rings. The number of primary amides is 1. The van der Waals surface area contributed by atoms with Crippen LogP contribution in [-0.2, 0) is 22.7 Å². The number of nitrogens with two attached hydrogens (primary N) is 2. The van der Waals surface area contributed by atoms with Gasteiger partial charge in [0.2, 0.25) is 11.8 Å². The molecule has 4 rings (SSSR count). The zero-order valence-electron chi connectivity index (χ0n) is 20.0. The molecule has 38 heavy (non-hydrogen) atoms. The highest BCUT2D eigenvalue weighted by atomic mass is 35.5. The molecule has 0 atom stereocenters. The van der Waals surface area contributed by atoms with Gasteiger partial charge in [0.15, 0.2) is 5.69 Å².